The molecule has 1 aliphatic rings. The summed E-state index contributed by atoms with van der Waals surface area (Å²) in [5.41, 5.74) is 0.0932. The van der Waals surface area contributed by atoms with Gasteiger partial charge in [-0.3, -0.25) is 4.79 Å². The molecule has 1 fully saturated rings. The summed E-state index contributed by atoms with van der Waals surface area (Å²) < 4.78 is 27.3. The van der Waals surface area contributed by atoms with E-state index in [2.05, 4.69) is 0 Å². The van der Waals surface area contributed by atoms with Gasteiger partial charge in [-0.15, -0.1) is 0 Å². The molecule has 0 spiro atoms. The van der Waals surface area contributed by atoms with Gasteiger partial charge in [0.2, 0.25) is 12.0 Å². The van der Waals surface area contributed by atoms with E-state index in [4.69, 9.17) is 23.4 Å². The number of phenolic OH excluding ortho intramolecular Hbond substituents is 1. The summed E-state index contributed by atoms with van der Waals surface area (Å²) in [4.78, 5) is 12.8. The van der Waals surface area contributed by atoms with Gasteiger partial charge in [-0.25, -0.2) is 0 Å². The zero-order valence-electron chi connectivity index (χ0n) is 18.1. The number of aromatic hydroxyl groups is 1. The molecule has 0 bridgehead atoms. The van der Waals surface area contributed by atoms with Crippen molar-refractivity contribution in [1.82, 2.24) is 0 Å². The van der Waals surface area contributed by atoms with Crippen LogP contribution >= 0.6 is 0 Å². The Balaban J connectivity index is 1.79. The van der Waals surface area contributed by atoms with Crippen molar-refractivity contribution >= 4 is 11.0 Å². The molecular weight excluding hydrogens is 436 g/mol. The number of fused-ring (bicyclic) bond motifs is 1. The Labute approximate surface area is 188 Å². The summed E-state index contributed by atoms with van der Waals surface area (Å²) in [6.07, 6.45) is -6.64. The normalized spacial score (nSPS) is 25.1. The second-order valence-corrected chi connectivity index (χ2v) is 7.63. The highest BCUT2D eigenvalue weighted by Crippen LogP contribution is 2.43. The first-order valence-electron chi connectivity index (χ1n) is 10.1. The summed E-state index contributed by atoms with van der Waals surface area (Å²) in [7, 11) is 2.80. The molecule has 3 aromatic rings. The molecular formula is C23H24O10. The Morgan fingerprint density at radius 2 is 1.64 bits per heavy atom. The van der Waals surface area contributed by atoms with Crippen molar-refractivity contribution in [2.45, 2.75) is 37.6 Å². The molecule has 33 heavy (non-hydrogen) atoms. The number of hydrogen-bond acceptors (Lipinski definition) is 10. The Kier molecular flexibility index (Phi) is 6.17. The molecule has 4 N–H and O–H groups in total. The monoisotopic (exact) mass is 460 g/mol. The van der Waals surface area contributed by atoms with Gasteiger partial charge in [-0.2, -0.15) is 0 Å². The third-order valence-electron chi connectivity index (χ3n) is 5.54. The summed E-state index contributed by atoms with van der Waals surface area (Å²) >= 11 is 0. The van der Waals surface area contributed by atoms with Crippen LogP contribution < -0.4 is 19.6 Å². The number of aliphatic hydroxyl groups is 3. The van der Waals surface area contributed by atoms with Gasteiger partial charge >= 0.3 is 0 Å². The van der Waals surface area contributed by atoms with Crippen LogP contribution in [0.3, 0.4) is 0 Å². The van der Waals surface area contributed by atoms with Gasteiger partial charge in [-0.05, 0) is 31.2 Å². The van der Waals surface area contributed by atoms with E-state index in [9.17, 15) is 25.2 Å². The predicted octanol–water partition coefficient (Wildman–Crippen LogP) is 1.39. The highest BCUT2D eigenvalue weighted by atomic mass is 16.7. The van der Waals surface area contributed by atoms with Crippen LogP contribution in [-0.2, 0) is 4.74 Å². The molecule has 4 rings (SSSR count). The fraction of sp³-hybridized carbons (Fsp3) is 0.348. The largest absolute Gasteiger partial charge is 0.504 e. The van der Waals surface area contributed by atoms with Crippen LogP contribution in [0.5, 0.6) is 23.0 Å². The van der Waals surface area contributed by atoms with Crippen LogP contribution in [0.25, 0.3) is 22.3 Å². The lowest BCUT2D eigenvalue weighted by Gasteiger charge is -2.39. The lowest BCUT2D eigenvalue weighted by atomic mass is 10.00. The maximum Gasteiger partial charge on any atom is 0.229 e. The first-order valence-corrected chi connectivity index (χ1v) is 10.1. The molecule has 1 saturated heterocycles. The van der Waals surface area contributed by atoms with Crippen molar-refractivity contribution in [2.24, 2.45) is 0 Å². The fourth-order valence-electron chi connectivity index (χ4n) is 3.68. The molecule has 176 valence electrons. The van der Waals surface area contributed by atoms with Crippen molar-refractivity contribution < 1.29 is 43.8 Å². The van der Waals surface area contributed by atoms with Crippen molar-refractivity contribution in [2.75, 3.05) is 14.2 Å². The second kappa shape index (κ2) is 8.91. The highest BCUT2D eigenvalue weighted by molar-refractivity contribution is 5.89. The van der Waals surface area contributed by atoms with Crippen LogP contribution in [0, 0.1) is 0 Å². The molecule has 2 heterocycles. The van der Waals surface area contributed by atoms with E-state index in [-0.39, 0.29) is 28.2 Å². The van der Waals surface area contributed by atoms with Crippen molar-refractivity contribution in [3.8, 4) is 34.3 Å². The van der Waals surface area contributed by atoms with Gasteiger partial charge in [-0.1, -0.05) is 0 Å². The van der Waals surface area contributed by atoms with E-state index in [0.29, 0.717) is 11.3 Å². The van der Waals surface area contributed by atoms with Crippen molar-refractivity contribution in [3.63, 3.8) is 0 Å². The van der Waals surface area contributed by atoms with Crippen LogP contribution in [-0.4, -0.2) is 65.4 Å². The quantitative estimate of drug-likeness (QED) is 0.440. The zero-order chi connectivity index (χ0) is 23.9. The van der Waals surface area contributed by atoms with E-state index in [1.54, 1.807) is 24.3 Å². The summed E-state index contributed by atoms with van der Waals surface area (Å²) in [6, 6.07) is 9.41. The van der Waals surface area contributed by atoms with Crippen molar-refractivity contribution in [1.29, 1.82) is 0 Å². The SMILES string of the molecule is COc1ccc(-c2cc(=O)c3c(O)c(OC)c(O[C@@H]4OC(C)[C@H](O)[C@H](O)C4O)cc3o2)cc1. The molecule has 5 atom stereocenters. The van der Waals surface area contributed by atoms with Gasteiger partial charge in [0, 0.05) is 17.7 Å². The topological polar surface area (TPSA) is 148 Å². The Morgan fingerprint density at radius 3 is 2.27 bits per heavy atom. The van der Waals surface area contributed by atoms with E-state index < -0.39 is 41.9 Å². The van der Waals surface area contributed by atoms with Crippen LogP contribution in [0.15, 0.2) is 45.6 Å². The molecule has 2 aromatic carbocycles. The van der Waals surface area contributed by atoms with Crippen LogP contribution in [0.4, 0.5) is 0 Å². The third kappa shape index (κ3) is 4.09. The molecule has 0 saturated carbocycles. The first kappa shape index (κ1) is 22.9. The molecule has 0 amide bonds. The minimum atomic E-state index is -1.59. The summed E-state index contributed by atoms with van der Waals surface area (Å²) in [6.45, 7) is 1.51. The minimum Gasteiger partial charge on any atom is -0.504 e. The van der Waals surface area contributed by atoms with Gasteiger partial charge in [0.05, 0.1) is 20.3 Å². The van der Waals surface area contributed by atoms with E-state index in [1.807, 2.05) is 0 Å². The third-order valence-corrected chi connectivity index (χ3v) is 5.54. The zero-order valence-corrected chi connectivity index (χ0v) is 18.1. The van der Waals surface area contributed by atoms with Gasteiger partial charge in [0.25, 0.3) is 0 Å². The Hall–Kier alpha value is -3.31. The van der Waals surface area contributed by atoms with E-state index in [1.165, 1.54) is 33.3 Å². The maximum absolute atomic E-state index is 12.8. The molecule has 2 unspecified atom stereocenters. The number of rotatable bonds is 5. The Bertz CT molecular complexity index is 1200. The van der Waals surface area contributed by atoms with E-state index >= 15 is 0 Å². The lowest BCUT2D eigenvalue weighted by Crippen LogP contribution is -2.58. The molecule has 10 nitrogen and oxygen atoms in total. The molecule has 0 radical (unpaired) electrons. The average molecular weight is 460 g/mol. The lowest BCUT2D eigenvalue weighted by molar-refractivity contribution is -0.268. The molecule has 0 aliphatic carbocycles. The van der Waals surface area contributed by atoms with Gasteiger partial charge in [0.15, 0.2) is 16.9 Å². The average Bonchev–Trinajstić information content (AvgIpc) is 2.81. The van der Waals surface area contributed by atoms with Crippen LogP contribution in [0.2, 0.25) is 0 Å². The number of hydrogen-bond donors (Lipinski definition) is 4. The number of methoxy groups -OCH3 is 2. The number of benzene rings is 2. The minimum absolute atomic E-state index is 0.000508. The molecule has 10 heteroatoms. The summed E-state index contributed by atoms with van der Waals surface area (Å²) in [5, 5.41) is 40.8. The van der Waals surface area contributed by atoms with Crippen LogP contribution in [0.1, 0.15) is 6.92 Å². The van der Waals surface area contributed by atoms with Gasteiger partial charge < -0.3 is 43.8 Å². The predicted molar refractivity (Wildman–Crippen MR) is 116 cm³/mol. The molecule has 1 aromatic heterocycles. The maximum atomic E-state index is 12.8. The number of phenols is 1. The number of ether oxygens (including phenoxy) is 4. The number of aliphatic hydroxyl groups excluding tert-OH is 3. The first-order chi connectivity index (χ1) is 15.7. The molecule has 1 aliphatic heterocycles. The van der Waals surface area contributed by atoms with Crippen molar-refractivity contribution in [3.05, 3.63) is 46.6 Å². The Morgan fingerprint density at radius 1 is 0.939 bits per heavy atom. The second-order valence-electron chi connectivity index (χ2n) is 7.63. The standard InChI is InChI=1S/C23H24O10/c1-10-18(25)20(27)21(28)23(31-10)33-16-9-15-17(19(26)22(16)30-3)13(24)8-14(32-15)11-4-6-12(29-2)7-5-11/h4-10,18,20-21,23,25-28H,1-3H3/t10?,18-,20-,21?,23-/m0/s1. The highest BCUT2D eigenvalue weighted by Gasteiger charge is 2.43. The van der Waals surface area contributed by atoms with Gasteiger partial charge in [0.1, 0.15) is 40.8 Å². The van der Waals surface area contributed by atoms with E-state index in [0.717, 1.165) is 0 Å². The summed E-state index contributed by atoms with van der Waals surface area (Å²) in [5.74, 6) is 0.0757. The fourth-order valence-corrected chi connectivity index (χ4v) is 3.68. The smallest absolute Gasteiger partial charge is 0.229 e.